The van der Waals surface area contributed by atoms with Gasteiger partial charge in [0, 0.05) is 6.04 Å². The second kappa shape index (κ2) is 5.89. The van der Waals surface area contributed by atoms with Crippen molar-refractivity contribution in [1.29, 1.82) is 0 Å². The molecule has 0 heterocycles. The second-order valence-electron chi connectivity index (χ2n) is 4.95. The maximum atomic E-state index is 5.52. The molecule has 1 saturated carbocycles. The maximum absolute atomic E-state index is 5.52. The van der Waals surface area contributed by atoms with Crippen molar-refractivity contribution in [2.45, 2.75) is 50.6 Å². The van der Waals surface area contributed by atoms with Crippen molar-refractivity contribution in [1.82, 2.24) is 5.32 Å². The SMILES string of the molecule is C#CC(CCC)NC1CC(c2ccccc2)C1. The minimum Gasteiger partial charge on any atom is -0.301 e. The van der Waals surface area contributed by atoms with Gasteiger partial charge in [-0.2, -0.15) is 0 Å². The summed E-state index contributed by atoms with van der Waals surface area (Å²) in [6.45, 7) is 2.18. The lowest BCUT2D eigenvalue weighted by molar-refractivity contribution is 0.276. The summed E-state index contributed by atoms with van der Waals surface area (Å²) in [5.74, 6) is 3.58. The molecule has 1 aliphatic rings. The van der Waals surface area contributed by atoms with Crippen LogP contribution < -0.4 is 5.32 Å². The van der Waals surface area contributed by atoms with Crippen LogP contribution in [0, 0.1) is 12.3 Å². The monoisotopic (exact) mass is 227 g/mol. The normalized spacial score (nSPS) is 24.7. The molecule has 0 spiro atoms. The Morgan fingerprint density at radius 2 is 2.06 bits per heavy atom. The van der Waals surface area contributed by atoms with Gasteiger partial charge < -0.3 is 5.32 Å². The summed E-state index contributed by atoms with van der Waals surface area (Å²) in [4.78, 5) is 0. The summed E-state index contributed by atoms with van der Waals surface area (Å²) in [6.07, 6.45) is 10.2. The molecule has 17 heavy (non-hydrogen) atoms. The highest BCUT2D eigenvalue weighted by Crippen LogP contribution is 2.36. The Labute approximate surface area is 105 Å². The molecule has 2 rings (SSSR count). The molecule has 1 unspecified atom stereocenters. The van der Waals surface area contributed by atoms with E-state index in [9.17, 15) is 0 Å². The molecule has 1 fully saturated rings. The van der Waals surface area contributed by atoms with Gasteiger partial charge in [-0.3, -0.25) is 0 Å². The lowest BCUT2D eigenvalue weighted by Gasteiger charge is -2.38. The van der Waals surface area contributed by atoms with Gasteiger partial charge in [-0.05, 0) is 30.7 Å². The van der Waals surface area contributed by atoms with Gasteiger partial charge in [-0.25, -0.2) is 0 Å². The molecule has 0 saturated heterocycles. The van der Waals surface area contributed by atoms with Crippen LogP contribution in [0.3, 0.4) is 0 Å². The van der Waals surface area contributed by atoms with Gasteiger partial charge in [0.25, 0.3) is 0 Å². The van der Waals surface area contributed by atoms with E-state index < -0.39 is 0 Å². The zero-order valence-electron chi connectivity index (χ0n) is 10.5. The standard InChI is InChI=1S/C16H21N/c1-3-8-15(4-2)17-16-11-14(12-16)13-9-6-5-7-10-13/h2,5-7,9-10,14-17H,3,8,11-12H2,1H3. The summed E-state index contributed by atoms with van der Waals surface area (Å²) in [5, 5.41) is 3.57. The van der Waals surface area contributed by atoms with Crippen LogP contribution in [0.2, 0.25) is 0 Å². The zero-order chi connectivity index (χ0) is 12.1. The highest BCUT2D eigenvalue weighted by Gasteiger charge is 2.30. The average molecular weight is 227 g/mol. The summed E-state index contributed by atoms with van der Waals surface area (Å²) in [5.41, 5.74) is 1.47. The van der Waals surface area contributed by atoms with E-state index in [1.165, 1.54) is 18.4 Å². The molecule has 1 heteroatoms. The third-order valence-electron chi connectivity index (χ3n) is 3.62. The summed E-state index contributed by atoms with van der Waals surface area (Å²) in [6, 6.07) is 11.7. The van der Waals surface area contributed by atoms with Crippen molar-refractivity contribution in [3.63, 3.8) is 0 Å². The first-order chi connectivity index (χ1) is 8.33. The number of nitrogens with one attached hydrogen (secondary N) is 1. The van der Waals surface area contributed by atoms with Gasteiger partial charge >= 0.3 is 0 Å². The quantitative estimate of drug-likeness (QED) is 0.761. The summed E-state index contributed by atoms with van der Waals surface area (Å²) >= 11 is 0. The Morgan fingerprint density at radius 3 is 2.65 bits per heavy atom. The van der Waals surface area contributed by atoms with E-state index in [1.807, 2.05) is 0 Å². The van der Waals surface area contributed by atoms with Crippen molar-refractivity contribution < 1.29 is 0 Å². The lowest BCUT2D eigenvalue weighted by atomic mass is 9.75. The molecular weight excluding hydrogens is 206 g/mol. The van der Waals surface area contributed by atoms with Crippen LogP contribution in [0.15, 0.2) is 30.3 Å². The maximum Gasteiger partial charge on any atom is 0.0688 e. The molecule has 1 aromatic rings. The first-order valence-corrected chi connectivity index (χ1v) is 6.60. The van der Waals surface area contributed by atoms with E-state index in [-0.39, 0.29) is 6.04 Å². The van der Waals surface area contributed by atoms with Crippen LogP contribution in [0.1, 0.15) is 44.1 Å². The second-order valence-corrected chi connectivity index (χ2v) is 4.95. The molecule has 1 aromatic carbocycles. The van der Waals surface area contributed by atoms with Crippen LogP contribution in [0.4, 0.5) is 0 Å². The van der Waals surface area contributed by atoms with E-state index in [0.717, 1.165) is 18.8 Å². The first kappa shape index (κ1) is 12.2. The van der Waals surface area contributed by atoms with Crippen LogP contribution in [-0.2, 0) is 0 Å². The molecule has 1 N–H and O–H groups in total. The van der Waals surface area contributed by atoms with Gasteiger partial charge in [0.15, 0.2) is 0 Å². The van der Waals surface area contributed by atoms with Crippen LogP contribution >= 0.6 is 0 Å². The van der Waals surface area contributed by atoms with E-state index in [1.54, 1.807) is 0 Å². The van der Waals surface area contributed by atoms with E-state index in [2.05, 4.69) is 48.5 Å². The Bertz CT molecular complexity index is 370. The fourth-order valence-electron chi connectivity index (χ4n) is 2.54. The Balaban J connectivity index is 1.78. The number of hydrogen-bond acceptors (Lipinski definition) is 1. The topological polar surface area (TPSA) is 12.0 Å². The predicted octanol–water partition coefficient (Wildman–Crippen LogP) is 3.32. The molecule has 1 nitrogen and oxygen atoms in total. The van der Waals surface area contributed by atoms with Crippen LogP contribution in [0.25, 0.3) is 0 Å². The fraction of sp³-hybridized carbons (Fsp3) is 0.500. The number of benzene rings is 1. The third kappa shape index (κ3) is 3.11. The van der Waals surface area contributed by atoms with Gasteiger partial charge in [0.1, 0.15) is 0 Å². The highest BCUT2D eigenvalue weighted by atomic mass is 15.0. The van der Waals surface area contributed by atoms with Gasteiger partial charge in [0.2, 0.25) is 0 Å². The van der Waals surface area contributed by atoms with E-state index in [0.29, 0.717) is 6.04 Å². The molecule has 90 valence electrons. The highest BCUT2D eigenvalue weighted by molar-refractivity contribution is 5.23. The smallest absolute Gasteiger partial charge is 0.0688 e. The number of hydrogen-bond donors (Lipinski definition) is 1. The number of terminal acetylenes is 1. The lowest BCUT2D eigenvalue weighted by Crippen LogP contribution is -2.45. The largest absolute Gasteiger partial charge is 0.301 e. The first-order valence-electron chi connectivity index (χ1n) is 6.60. The number of rotatable bonds is 5. The Kier molecular flexibility index (Phi) is 4.23. The minimum atomic E-state index is 0.265. The molecule has 0 aromatic heterocycles. The molecular formula is C16H21N. The predicted molar refractivity (Wildman–Crippen MR) is 72.9 cm³/mol. The van der Waals surface area contributed by atoms with E-state index >= 15 is 0 Å². The van der Waals surface area contributed by atoms with Gasteiger partial charge in [0.05, 0.1) is 6.04 Å². The molecule has 0 amide bonds. The van der Waals surface area contributed by atoms with E-state index in [4.69, 9.17) is 6.42 Å². The fourth-order valence-corrected chi connectivity index (χ4v) is 2.54. The molecule has 1 atom stereocenters. The van der Waals surface area contributed by atoms with Crippen molar-refractivity contribution in [3.8, 4) is 12.3 Å². The average Bonchev–Trinajstić information content (AvgIpc) is 2.33. The molecule has 1 aliphatic carbocycles. The van der Waals surface area contributed by atoms with Crippen molar-refractivity contribution in [3.05, 3.63) is 35.9 Å². The summed E-state index contributed by atoms with van der Waals surface area (Å²) < 4.78 is 0. The Morgan fingerprint density at radius 1 is 1.35 bits per heavy atom. The molecule has 0 aliphatic heterocycles. The van der Waals surface area contributed by atoms with Crippen molar-refractivity contribution >= 4 is 0 Å². The van der Waals surface area contributed by atoms with Crippen molar-refractivity contribution in [2.75, 3.05) is 0 Å². The van der Waals surface area contributed by atoms with Gasteiger partial charge in [-0.15, -0.1) is 6.42 Å². The third-order valence-corrected chi connectivity index (χ3v) is 3.62. The zero-order valence-corrected chi connectivity index (χ0v) is 10.5. The Hall–Kier alpha value is -1.26. The summed E-state index contributed by atoms with van der Waals surface area (Å²) in [7, 11) is 0. The molecule has 0 bridgehead atoms. The van der Waals surface area contributed by atoms with Crippen molar-refractivity contribution in [2.24, 2.45) is 0 Å². The van der Waals surface area contributed by atoms with Crippen LogP contribution in [0.5, 0.6) is 0 Å². The minimum absolute atomic E-state index is 0.265. The molecule has 0 radical (unpaired) electrons. The van der Waals surface area contributed by atoms with Gasteiger partial charge in [-0.1, -0.05) is 49.6 Å². The van der Waals surface area contributed by atoms with Crippen LogP contribution in [-0.4, -0.2) is 12.1 Å².